The summed E-state index contributed by atoms with van der Waals surface area (Å²) in [6.07, 6.45) is -0.350. The van der Waals surface area contributed by atoms with Gasteiger partial charge < -0.3 is 14.8 Å². The Labute approximate surface area is 124 Å². The molecule has 1 saturated heterocycles. The number of carbonyl (C=O) groups excluding carboxylic acids is 2. The molecule has 1 aromatic carbocycles. The van der Waals surface area contributed by atoms with Crippen LogP contribution in [0.1, 0.15) is 45.0 Å². The predicted octanol–water partition coefficient (Wildman–Crippen LogP) is 2.50. The highest BCUT2D eigenvalue weighted by Gasteiger charge is 2.49. The van der Waals surface area contributed by atoms with Gasteiger partial charge in [0.1, 0.15) is 11.4 Å². The lowest BCUT2D eigenvalue weighted by atomic mass is 9.83. The average molecular weight is 291 g/mol. The van der Waals surface area contributed by atoms with E-state index < -0.39 is 11.0 Å². The molecule has 1 heterocycles. The number of nitrogens with one attached hydrogen (secondary N) is 1. The Morgan fingerprint density at radius 3 is 2.19 bits per heavy atom. The highest BCUT2D eigenvalue weighted by Crippen LogP contribution is 2.31. The summed E-state index contributed by atoms with van der Waals surface area (Å²) in [5.41, 5.74) is -0.592. The lowest BCUT2D eigenvalue weighted by molar-refractivity contribution is -0.155. The number of benzene rings is 1. The molecule has 1 fully saturated rings. The minimum atomic E-state index is -0.538. The van der Waals surface area contributed by atoms with Gasteiger partial charge in [-0.1, -0.05) is 0 Å². The Morgan fingerprint density at radius 2 is 1.76 bits per heavy atom. The van der Waals surface area contributed by atoms with Crippen molar-refractivity contribution in [2.24, 2.45) is 5.41 Å². The summed E-state index contributed by atoms with van der Waals surface area (Å²) in [5.74, 6) is 0.199. The lowest BCUT2D eigenvalue weighted by Gasteiger charge is -2.42. The van der Waals surface area contributed by atoms with Crippen molar-refractivity contribution >= 4 is 11.9 Å². The van der Waals surface area contributed by atoms with Gasteiger partial charge in [0.05, 0.1) is 11.0 Å². The summed E-state index contributed by atoms with van der Waals surface area (Å²) in [4.78, 5) is 23.3. The maximum atomic E-state index is 11.9. The van der Waals surface area contributed by atoms with E-state index in [2.05, 4.69) is 5.32 Å². The van der Waals surface area contributed by atoms with Crippen molar-refractivity contribution in [3.8, 4) is 5.75 Å². The number of hydrogen-bond acceptors (Lipinski definition) is 4. The highest BCUT2D eigenvalue weighted by molar-refractivity contribution is 5.90. The molecular weight excluding hydrogens is 270 g/mol. The summed E-state index contributed by atoms with van der Waals surface area (Å²) >= 11 is 0. The quantitative estimate of drug-likeness (QED) is 0.686. The third-order valence-electron chi connectivity index (χ3n) is 3.25. The van der Waals surface area contributed by atoms with Gasteiger partial charge in [-0.15, -0.1) is 0 Å². The SMILES string of the molecule is CC(C)(C)OC(=O)c1ccc(OC2NC(=O)C2(C)C)cc1. The van der Waals surface area contributed by atoms with E-state index in [1.165, 1.54) is 0 Å². The minimum Gasteiger partial charge on any atom is -0.470 e. The fraction of sp³-hybridized carbons (Fsp3) is 0.500. The monoisotopic (exact) mass is 291 g/mol. The number of rotatable bonds is 3. The normalized spacial score (nSPS) is 20.2. The molecule has 0 aromatic heterocycles. The van der Waals surface area contributed by atoms with E-state index in [0.717, 1.165) is 0 Å². The van der Waals surface area contributed by atoms with E-state index >= 15 is 0 Å². The summed E-state index contributed by atoms with van der Waals surface area (Å²) in [6.45, 7) is 9.12. The van der Waals surface area contributed by atoms with Crippen LogP contribution in [-0.2, 0) is 9.53 Å². The van der Waals surface area contributed by atoms with Gasteiger partial charge in [0.25, 0.3) is 0 Å². The highest BCUT2D eigenvalue weighted by atomic mass is 16.6. The van der Waals surface area contributed by atoms with Crippen molar-refractivity contribution in [1.29, 1.82) is 0 Å². The van der Waals surface area contributed by atoms with Crippen LogP contribution in [0.2, 0.25) is 0 Å². The Bertz CT molecular complexity index is 555. The summed E-state index contributed by atoms with van der Waals surface area (Å²) in [7, 11) is 0. The first kappa shape index (κ1) is 15.4. The number of amides is 1. The minimum absolute atomic E-state index is 0.0297. The molecule has 5 nitrogen and oxygen atoms in total. The zero-order chi connectivity index (χ0) is 15.8. The van der Waals surface area contributed by atoms with E-state index in [1.807, 2.05) is 34.6 Å². The van der Waals surface area contributed by atoms with Gasteiger partial charge in [-0.25, -0.2) is 4.79 Å². The molecule has 0 bridgehead atoms. The average Bonchev–Trinajstić information content (AvgIpc) is 2.37. The molecule has 21 heavy (non-hydrogen) atoms. The van der Waals surface area contributed by atoms with Gasteiger partial charge in [-0.3, -0.25) is 4.79 Å². The first-order chi connectivity index (χ1) is 9.59. The van der Waals surface area contributed by atoms with Gasteiger partial charge in [0.2, 0.25) is 5.91 Å². The maximum Gasteiger partial charge on any atom is 0.338 e. The fourth-order valence-corrected chi connectivity index (χ4v) is 1.85. The molecule has 0 aliphatic carbocycles. The van der Waals surface area contributed by atoms with Crippen molar-refractivity contribution in [3.05, 3.63) is 29.8 Å². The standard InChI is InChI=1S/C16H21NO4/c1-15(2,3)21-12(18)10-6-8-11(9-7-10)20-14-16(4,5)13(19)17-14/h6-9,14H,1-5H3,(H,17,19). The number of esters is 1. The second kappa shape index (κ2) is 5.06. The molecule has 1 aliphatic rings. The predicted molar refractivity (Wildman–Crippen MR) is 78.0 cm³/mol. The number of β-lactam (4-membered cyclic amide) rings is 1. The zero-order valence-corrected chi connectivity index (χ0v) is 13.0. The van der Waals surface area contributed by atoms with Crippen LogP contribution in [-0.4, -0.2) is 23.7 Å². The molecule has 1 unspecified atom stereocenters. The third-order valence-corrected chi connectivity index (χ3v) is 3.25. The van der Waals surface area contributed by atoms with Gasteiger partial charge >= 0.3 is 5.97 Å². The van der Waals surface area contributed by atoms with Crippen LogP contribution in [0.5, 0.6) is 5.75 Å². The van der Waals surface area contributed by atoms with Crippen LogP contribution in [0.15, 0.2) is 24.3 Å². The van der Waals surface area contributed by atoms with Crippen LogP contribution >= 0.6 is 0 Å². The van der Waals surface area contributed by atoms with Crippen LogP contribution < -0.4 is 10.1 Å². The molecule has 114 valence electrons. The molecule has 2 rings (SSSR count). The topological polar surface area (TPSA) is 64.6 Å². The fourth-order valence-electron chi connectivity index (χ4n) is 1.85. The first-order valence-corrected chi connectivity index (χ1v) is 6.91. The largest absolute Gasteiger partial charge is 0.470 e. The molecule has 0 spiro atoms. The van der Waals surface area contributed by atoms with Crippen LogP contribution in [0.4, 0.5) is 0 Å². The molecule has 1 N–H and O–H groups in total. The van der Waals surface area contributed by atoms with Crippen LogP contribution in [0, 0.1) is 5.41 Å². The maximum absolute atomic E-state index is 11.9. The second-order valence-electron chi connectivity index (χ2n) is 6.72. The molecule has 0 radical (unpaired) electrons. The molecule has 5 heteroatoms. The van der Waals surface area contributed by atoms with Gasteiger partial charge in [-0.05, 0) is 58.9 Å². The Morgan fingerprint density at radius 1 is 1.19 bits per heavy atom. The van der Waals surface area contributed by atoms with E-state index in [-0.39, 0.29) is 18.1 Å². The third kappa shape index (κ3) is 3.35. The number of carbonyl (C=O) groups is 2. The summed E-state index contributed by atoms with van der Waals surface area (Å²) in [5, 5.41) is 2.70. The van der Waals surface area contributed by atoms with E-state index in [1.54, 1.807) is 24.3 Å². The van der Waals surface area contributed by atoms with Gasteiger partial charge in [-0.2, -0.15) is 0 Å². The van der Waals surface area contributed by atoms with Crippen LogP contribution in [0.3, 0.4) is 0 Å². The van der Waals surface area contributed by atoms with Crippen molar-refractivity contribution in [1.82, 2.24) is 5.32 Å². The molecule has 0 saturated carbocycles. The van der Waals surface area contributed by atoms with E-state index in [9.17, 15) is 9.59 Å². The lowest BCUT2D eigenvalue weighted by Crippen LogP contribution is -2.66. The Kier molecular flexibility index (Phi) is 3.70. The molecule has 1 aliphatic heterocycles. The number of ether oxygens (including phenoxy) is 2. The van der Waals surface area contributed by atoms with Crippen molar-refractivity contribution in [2.45, 2.75) is 46.4 Å². The van der Waals surface area contributed by atoms with Gasteiger partial charge in [0.15, 0.2) is 6.23 Å². The molecular formula is C16H21NO4. The first-order valence-electron chi connectivity index (χ1n) is 6.91. The smallest absolute Gasteiger partial charge is 0.338 e. The molecule has 1 atom stereocenters. The Hall–Kier alpha value is -2.04. The summed E-state index contributed by atoms with van der Waals surface area (Å²) in [6, 6.07) is 6.69. The Balaban J connectivity index is 2.00. The van der Waals surface area contributed by atoms with Crippen LogP contribution in [0.25, 0.3) is 0 Å². The van der Waals surface area contributed by atoms with E-state index in [0.29, 0.717) is 11.3 Å². The van der Waals surface area contributed by atoms with Crippen molar-refractivity contribution in [2.75, 3.05) is 0 Å². The zero-order valence-electron chi connectivity index (χ0n) is 13.0. The number of hydrogen-bond donors (Lipinski definition) is 1. The van der Waals surface area contributed by atoms with E-state index in [4.69, 9.17) is 9.47 Å². The summed E-state index contributed by atoms with van der Waals surface area (Å²) < 4.78 is 11.0. The molecule has 1 aromatic rings. The second-order valence-corrected chi connectivity index (χ2v) is 6.72. The van der Waals surface area contributed by atoms with Crippen molar-refractivity contribution < 1.29 is 19.1 Å². The van der Waals surface area contributed by atoms with Crippen molar-refractivity contribution in [3.63, 3.8) is 0 Å². The van der Waals surface area contributed by atoms with Gasteiger partial charge in [0, 0.05) is 0 Å². The molecule has 1 amide bonds.